The number of rotatable bonds is 11. The number of morpholine rings is 1. The normalized spacial score (nSPS) is 20.4. The topological polar surface area (TPSA) is 97.0 Å². The van der Waals surface area contributed by atoms with E-state index in [2.05, 4.69) is 10.6 Å². The standard InChI is InChI=1S/C29H37N3O5/c1-29(13-14-29)26(33)23(17-20-7-5-4-6-8-20)30-27(34)24(18-21-9-11-22(36-3)12-10-21)31-28(35)25-19-37-16-15-32(25)2/h4-12,23-25H,13-19H2,1-3H3,(H,30,34)(H,31,35)/t23-,24-,25-/m0/s1. The highest BCUT2D eigenvalue weighted by atomic mass is 16.5. The Bertz CT molecular complexity index is 1080. The van der Waals surface area contributed by atoms with E-state index in [0.29, 0.717) is 25.3 Å². The molecule has 1 saturated carbocycles. The fourth-order valence-electron chi connectivity index (χ4n) is 4.62. The summed E-state index contributed by atoms with van der Waals surface area (Å²) in [6, 6.07) is 15.1. The third-order valence-corrected chi connectivity index (χ3v) is 7.44. The molecule has 1 aliphatic carbocycles. The van der Waals surface area contributed by atoms with Crippen molar-refractivity contribution in [3.05, 3.63) is 65.7 Å². The van der Waals surface area contributed by atoms with E-state index in [1.807, 2.05) is 73.5 Å². The SMILES string of the molecule is COc1ccc(C[C@H](NC(=O)[C@@H]2COCCN2C)C(=O)N[C@@H](Cc2ccccc2)C(=O)C2(C)CC2)cc1. The molecule has 0 spiro atoms. The van der Waals surface area contributed by atoms with Crippen molar-refractivity contribution in [1.82, 2.24) is 15.5 Å². The van der Waals surface area contributed by atoms with Crippen LogP contribution >= 0.6 is 0 Å². The molecule has 0 bridgehead atoms. The molecule has 1 saturated heterocycles. The zero-order chi connectivity index (χ0) is 26.4. The van der Waals surface area contributed by atoms with Gasteiger partial charge in [-0.15, -0.1) is 0 Å². The Hall–Kier alpha value is -3.23. The van der Waals surface area contributed by atoms with Gasteiger partial charge in [-0.05, 0) is 49.6 Å². The third-order valence-electron chi connectivity index (χ3n) is 7.44. The van der Waals surface area contributed by atoms with Crippen molar-refractivity contribution in [2.75, 3.05) is 33.9 Å². The Morgan fingerprint density at radius 3 is 2.27 bits per heavy atom. The smallest absolute Gasteiger partial charge is 0.243 e. The van der Waals surface area contributed by atoms with Crippen LogP contribution in [0.1, 0.15) is 30.9 Å². The average molecular weight is 508 g/mol. The first-order chi connectivity index (χ1) is 17.8. The van der Waals surface area contributed by atoms with E-state index in [1.165, 1.54) is 0 Å². The molecular weight excluding hydrogens is 470 g/mol. The summed E-state index contributed by atoms with van der Waals surface area (Å²) < 4.78 is 10.7. The summed E-state index contributed by atoms with van der Waals surface area (Å²) in [4.78, 5) is 42.2. The third kappa shape index (κ3) is 6.96. The Balaban J connectivity index is 1.54. The fraction of sp³-hybridized carbons (Fsp3) is 0.483. The Morgan fingerprint density at radius 2 is 1.65 bits per heavy atom. The zero-order valence-electron chi connectivity index (χ0n) is 21.9. The van der Waals surface area contributed by atoms with Gasteiger partial charge in [0.1, 0.15) is 17.8 Å². The van der Waals surface area contributed by atoms with Gasteiger partial charge in [0.25, 0.3) is 0 Å². The van der Waals surface area contributed by atoms with Crippen LogP contribution < -0.4 is 15.4 Å². The van der Waals surface area contributed by atoms with E-state index in [1.54, 1.807) is 7.11 Å². The second-order valence-electron chi connectivity index (χ2n) is 10.4. The number of nitrogens with zero attached hydrogens (tertiary/aromatic N) is 1. The van der Waals surface area contributed by atoms with Crippen LogP contribution in [0.3, 0.4) is 0 Å². The Morgan fingerprint density at radius 1 is 1.00 bits per heavy atom. The maximum Gasteiger partial charge on any atom is 0.243 e. The van der Waals surface area contributed by atoms with E-state index >= 15 is 0 Å². The molecule has 3 atom stereocenters. The maximum atomic E-state index is 13.7. The Kier molecular flexibility index (Phi) is 8.61. The molecule has 1 aliphatic heterocycles. The highest BCUT2D eigenvalue weighted by Crippen LogP contribution is 2.46. The molecule has 2 aromatic rings. The zero-order valence-corrected chi connectivity index (χ0v) is 21.9. The lowest BCUT2D eigenvalue weighted by atomic mass is 9.92. The minimum absolute atomic E-state index is 0.0413. The van der Waals surface area contributed by atoms with Gasteiger partial charge in [0.05, 0.1) is 26.4 Å². The molecule has 0 unspecified atom stereocenters. The van der Waals surface area contributed by atoms with Crippen LogP contribution in [0.2, 0.25) is 0 Å². The van der Waals surface area contributed by atoms with Crippen LogP contribution in [-0.2, 0) is 32.0 Å². The van der Waals surface area contributed by atoms with Gasteiger partial charge in [-0.2, -0.15) is 0 Å². The van der Waals surface area contributed by atoms with Crippen LogP contribution in [0.5, 0.6) is 5.75 Å². The predicted molar refractivity (Wildman–Crippen MR) is 140 cm³/mol. The van der Waals surface area contributed by atoms with Crippen LogP contribution in [-0.4, -0.2) is 74.5 Å². The number of amides is 2. The van der Waals surface area contributed by atoms with Crippen molar-refractivity contribution in [3.8, 4) is 5.75 Å². The molecule has 8 heteroatoms. The minimum atomic E-state index is -0.852. The van der Waals surface area contributed by atoms with Crippen molar-refractivity contribution in [1.29, 1.82) is 0 Å². The predicted octanol–water partition coefficient (Wildman–Crippen LogP) is 2.15. The van der Waals surface area contributed by atoms with Crippen molar-refractivity contribution in [2.24, 2.45) is 5.41 Å². The second-order valence-corrected chi connectivity index (χ2v) is 10.4. The highest BCUT2D eigenvalue weighted by molar-refractivity contribution is 5.97. The van der Waals surface area contributed by atoms with E-state index in [9.17, 15) is 14.4 Å². The maximum absolute atomic E-state index is 13.7. The van der Waals surface area contributed by atoms with Gasteiger partial charge in [-0.3, -0.25) is 19.3 Å². The largest absolute Gasteiger partial charge is 0.497 e. The van der Waals surface area contributed by atoms with E-state index < -0.39 is 23.5 Å². The first-order valence-electron chi connectivity index (χ1n) is 12.9. The molecule has 2 N–H and O–H groups in total. The number of nitrogens with one attached hydrogen (secondary N) is 2. The van der Waals surface area contributed by atoms with Crippen LogP contribution in [0.15, 0.2) is 54.6 Å². The molecular formula is C29H37N3O5. The number of hydrogen-bond acceptors (Lipinski definition) is 6. The van der Waals surface area contributed by atoms with Crippen LogP contribution in [0, 0.1) is 5.41 Å². The van der Waals surface area contributed by atoms with Gasteiger partial charge < -0.3 is 20.1 Å². The number of methoxy groups -OCH3 is 1. The summed E-state index contributed by atoms with van der Waals surface area (Å²) in [5, 5.41) is 5.94. The molecule has 2 amide bonds. The molecule has 8 nitrogen and oxygen atoms in total. The highest BCUT2D eigenvalue weighted by Gasteiger charge is 2.48. The summed E-state index contributed by atoms with van der Waals surface area (Å²) in [7, 11) is 3.47. The number of carbonyl (C=O) groups excluding carboxylic acids is 3. The number of likely N-dealkylation sites (N-methyl/N-ethyl adjacent to an activating group) is 1. The van der Waals surface area contributed by atoms with Gasteiger partial charge >= 0.3 is 0 Å². The van der Waals surface area contributed by atoms with Crippen molar-refractivity contribution >= 4 is 17.6 Å². The van der Waals surface area contributed by atoms with Gasteiger partial charge in [0, 0.05) is 18.4 Å². The lowest BCUT2D eigenvalue weighted by molar-refractivity contribution is -0.136. The number of ketones is 1. The van der Waals surface area contributed by atoms with Gasteiger partial charge in [-0.25, -0.2) is 0 Å². The van der Waals surface area contributed by atoms with Crippen LogP contribution in [0.4, 0.5) is 0 Å². The first-order valence-corrected chi connectivity index (χ1v) is 12.9. The molecule has 1 heterocycles. The van der Waals surface area contributed by atoms with Gasteiger partial charge in [0.2, 0.25) is 11.8 Å². The van der Waals surface area contributed by atoms with Gasteiger partial charge in [0.15, 0.2) is 5.78 Å². The monoisotopic (exact) mass is 507 g/mol. The number of Topliss-reactive ketones (excluding diaryl/α,β-unsaturated/α-hetero) is 1. The van der Waals surface area contributed by atoms with E-state index in [-0.39, 0.29) is 30.6 Å². The second kappa shape index (κ2) is 11.9. The lowest BCUT2D eigenvalue weighted by Crippen LogP contribution is -2.58. The molecule has 0 aromatic heterocycles. The number of ether oxygens (including phenoxy) is 2. The summed E-state index contributed by atoms with van der Waals surface area (Å²) in [6.07, 6.45) is 2.34. The summed E-state index contributed by atoms with van der Waals surface area (Å²) in [5.74, 6) is 0.110. The van der Waals surface area contributed by atoms with Crippen molar-refractivity contribution in [3.63, 3.8) is 0 Å². The van der Waals surface area contributed by atoms with Crippen molar-refractivity contribution in [2.45, 2.75) is 50.7 Å². The number of benzene rings is 2. The summed E-state index contributed by atoms with van der Waals surface area (Å²) >= 11 is 0. The molecule has 0 radical (unpaired) electrons. The lowest BCUT2D eigenvalue weighted by Gasteiger charge is -2.32. The molecule has 198 valence electrons. The quantitative estimate of drug-likeness (QED) is 0.484. The Labute approximate surface area is 218 Å². The van der Waals surface area contributed by atoms with E-state index in [0.717, 1.165) is 24.0 Å². The summed E-state index contributed by atoms with van der Waals surface area (Å²) in [6.45, 7) is 3.43. The van der Waals surface area contributed by atoms with Gasteiger partial charge in [-0.1, -0.05) is 49.4 Å². The summed E-state index contributed by atoms with van der Waals surface area (Å²) in [5.41, 5.74) is 1.44. The fourth-order valence-corrected chi connectivity index (χ4v) is 4.62. The molecule has 2 fully saturated rings. The number of hydrogen-bond donors (Lipinski definition) is 2. The average Bonchev–Trinajstić information content (AvgIpc) is 3.67. The molecule has 2 aliphatic rings. The molecule has 4 rings (SSSR count). The first kappa shape index (κ1) is 26.8. The molecule has 37 heavy (non-hydrogen) atoms. The van der Waals surface area contributed by atoms with Crippen LogP contribution in [0.25, 0.3) is 0 Å². The number of carbonyl (C=O) groups is 3. The minimum Gasteiger partial charge on any atom is -0.497 e. The van der Waals surface area contributed by atoms with E-state index in [4.69, 9.17) is 9.47 Å². The molecule has 2 aromatic carbocycles. The van der Waals surface area contributed by atoms with Crippen molar-refractivity contribution < 1.29 is 23.9 Å².